The second kappa shape index (κ2) is 9.04. The van der Waals surface area contributed by atoms with Gasteiger partial charge >= 0.3 is 0 Å². The number of rotatable bonds is 8. The van der Waals surface area contributed by atoms with Gasteiger partial charge in [0, 0.05) is 12.5 Å². The molecule has 0 saturated heterocycles. The standard InChI is InChI=1S/C23H25NO3S/c1-18-11-13-23(14-12-18)28(25,26)24-17-21(15-19-7-4-3-5-8-19)20-9-6-10-22(16-20)27-2/h3-14,16,21,24H,15,17H2,1-2H3. The average molecular weight is 396 g/mol. The normalized spacial score (nSPS) is 12.5. The van der Waals surface area contributed by atoms with E-state index in [-0.39, 0.29) is 10.8 Å². The molecule has 28 heavy (non-hydrogen) atoms. The van der Waals surface area contributed by atoms with E-state index in [2.05, 4.69) is 16.9 Å². The van der Waals surface area contributed by atoms with Crippen molar-refractivity contribution >= 4 is 10.0 Å². The van der Waals surface area contributed by atoms with E-state index < -0.39 is 10.0 Å². The molecule has 3 rings (SSSR count). The summed E-state index contributed by atoms with van der Waals surface area (Å²) >= 11 is 0. The Morgan fingerprint density at radius 2 is 1.64 bits per heavy atom. The zero-order valence-electron chi connectivity index (χ0n) is 16.1. The summed E-state index contributed by atoms with van der Waals surface area (Å²) in [6, 6.07) is 24.8. The molecule has 0 aliphatic carbocycles. The Hall–Kier alpha value is -2.63. The largest absolute Gasteiger partial charge is 0.497 e. The van der Waals surface area contributed by atoms with Gasteiger partial charge in [0.1, 0.15) is 5.75 Å². The molecule has 0 heterocycles. The van der Waals surface area contributed by atoms with Gasteiger partial charge in [-0.3, -0.25) is 0 Å². The van der Waals surface area contributed by atoms with Crippen molar-refractivity contribution in [3.63, 3.8) is 0 Å². The molecule has 0 aromatic heterocycles. The van der Waals surface area contributed by atoms with Crippen molar-refractivity contribution in [1.29, 1.82) is 0 Å². The van der Waals surface area contributed by atoms with Crippen LogP contribution >= 0.6 is 0 Å². The zero-order valence-corrected chi connectivity index (χ0v) is 16.9. The third kappa shape index (κ3) is 5.21. The molecule has 1 atom stereocenters. The van der Waals surface area contributed by atoms with Crippen LogP contribution in [0.25, 0.3) is 0 Å². The molecule has 0 saturated carbocycles. The summed E-state index contributed by atoms with van der Waals surface area (Å²) in [4.78, 5) is 0.280. The molecule has 0 radical (unpaired) electrons. The third-order valence-electron chi connectivity index (χ3n) is 4.74. The van der Waals surface area contributed by atoms with Crippen molar-refractivity contribution < 1.29 is 13.2 Å². The Balaban J connectivity index is 1.83. The summed E-state index contributed by atoms with van der Waals surface area (Å²) < 4.78 is 33.6. The van der Waals surface area contributed by atoms with Gasteiger partial charge in [0.2, 0.25) is 10.0 Å². The first-order chi connectivity index (χ1) is 13.5. The molecule has 0 amide bonds. The number of aryl methyl sites for hydroxylation is 1. The molecular formula is C23H25NO3S. The number of nitrogens with one attached hydrogen (secondary N) is 1. The van der Waals surface area contributed by atoms with Gasteiger partial charge < -0.3 is 4.74 Å². The van der Waals surface area contributed by atoms with E-state index in [1.54, 1.807) is 31.4 Å². The lowest BCUT2D eigenvalue weighted by Crippen LogP contribution is -2.29. The summed E-state index contributed by atoms with van der Waals surface area (Å²) in [5, 5.41) is 0. The van der Waals surface area contributed by atoms with Crippen molar-refractivity contribution in [3.8, 4) is 5.75 Å². The lowest BCUT2D eigenvalue weighted by atomic mass is 9.92. The van der Waals surface area contributed by atoms with E-state index >= 15 is 0 Å². The SMILES string of the molecule is COc1cccc(C(CNS(=O)(=O)c2ccc(C)cc2)Cc2ccccc2)c1. The van der Waals surface area contributed by atoms with Gasteiger partial charge in [0.15, 0.2) is 0 Å². The topological polar surface area (TPSA) is 55.4 Å². The van der Waals surface area contributed by atoms with Gasteiger partial charge in [-0.1, -0.05) is 60.2 Å². The minimum Gasteiger partial charge on any atom is -0.497 e. The van der Waals surface area contributed by atoms with Gasteiger partial charge in [0.05, 0.1) is 12.0 Å². The molecular weight excluding hydrogens is 370 g/mol. The Morgan fingerprint density at radius 3 is 2.32 bits per heavy atom. The van der Waals surface area contributed by atoms with Crippen LogP contribution in [0.1, 0.15) is 22.6 Å². The van der Waals surface area contributed by atoms with E-state index in [4.69, 9.17) is 4.74 Å². The van der Waals surface area contributed by atoms with Crippen molar-refractivity contribution in [2.45, 2.75) is 24.2 Å². The Labute approximate surface area is 167 Å². The zero-order chi connectivity index (χ0) is 20.0. The lowest BCUT2D eigenvalue weighted by Gasteiger charge is -2.19. The van der Waals surface area contributed by atoms with Crippen molar-refractivity contribution in [2.75, 3.05) is 13.7 Å². The van der Waals surface area contributed by atoms with E-state index in [0.717, 1.165) is 28.9 Å². The molecule has 3 aromatic carbocycles. The van der Waals surface area contributed by atoms with Crippen LogP contribution in [0.5, 0.6) is 5.75 Å². The predicted octanol–water partition coefficient (Wildman–Crippen LogP) is 4.31. The van der Waals surface area contributed by atoms with Crippen LogP contribution in [0.2, 0.25) is 0 Å². The molecule has 1 unspecified atom stereocenters. The van der Waals surface area contributed by atoms with Crippen LogP contribution in [-0.2, 0) is 16.4 Å². The van der Waals surface area contributed by atoms with Crippen LogP contribution in [-0.4, -0.2) is 22.1 Å². The maximum absolute atomic E-state index is 12.7. The second-order valence-electron chi connectivity index (χ2n) is 6.83. The van der Waals surface area contributed by atoms with Crippen molar-refractivity contribution in [3.05, 3.63) is 95.6 Å². The third-order valence-corrected chi connectivity index (χ3v) is 6.18. The molecule has 5 heteroatoms. The first-order valence-electron chi connectivity index (χ1n) is 9.22. The lowest BCUT2D eigenvalue weighted by molar-refractivity contribution is 0.413. The fourth-order valence-corrected chi connectivity index (χ4v) is 4.19. The first-order valence-corrected chi connectivity index (χ1v) is 10.7. The highest BCUT2D eigenvalue weighted by atomic mass is 32.2. The summed E-state index contributed by atoms with van der Waals surface area (Å²) in [5.41, 5.74) is 3.22. The smallest absolute Gasteiger partial charge is 0.240 e. The fraction of sp³-hybridized carbons (Fsp3) is 0.217. The molecule has 146 valence electrons. The minimum atomic E-state index is -3.57. The summed E-state index contributed by atoms with van der Waals surface area (Å²) in [6.07, 6.45) is 0.727. The van der Waals surface area contributed by atoms with Crippen LogP contribution in [0.3, 0.4) is 0 Å². The minimum absolute atomic E-state index is 0.0160. The predicted molar refractivity (Wildman–Crippen MR) is 112 cm³/mol. The maximum atomic E-state index is 12.7. The summed E-state index contributed by atoms with van der Waals surface area (Å²) in [6.45, 7) is 2.24. The van der Waals surface area contributed by atoms with E-state index in [9.17, 15) is 8.42 Å². The number of sulfonamides is 1. The second-order valence-corrected chi connectivity index (χ2v) is 8.60. The van der Waals surface area contributed by atoms with Crippen LogP contribution in [0.15, 0.2) is 83.8 Å². The summed E-state index contributed by atoms with van der Waals surface area (Å²) in [5.74, 6) is 0.745. The Kier molecular flexibility index (Phi) is 6.49. The molecule has 0 spiro atoms. The van der Waals surface area contributed by atoms with Crippen LogP contribution in [0, 0.1) is 6.92 Å². The van der Waals surface area contributed by atoms with Crippen LogP contribution < -0.4 is 9.46 Å². The average Bonchev–Trinajstić information content (AvgIpc) is 2.72. The molecule has 0 aliphatic heterocycles. The number of hydrogen-bond acceptors (Lipinski definition) is 3. The molecule has 0 aliphatic rings. The number of ether oxygens (including phenoxy) is 1. The number of methoxy groups -OCH3 is 1. The number of hydrogen-bond donors (Lipinski definition) is 1. The highest BCUT2D eigenvalue weighted by Gasteiger charge is 2.19. The van der Waals surface area contributed by atoms with E-state index in [1.807, 2.05) is 49.4 Å². The highest BCUT2D eigenvalue weighted by Crippen LogP contribution is 2.25. The van der Waals surface area contributed by atoms with Gasteiger partial charge in [-0.2, -0.15) is 0 Å². The Bertz CT molecular complexity index is 1000. The molecule has 0 fully saturated rings. The maximum Gasteiger partial charge on any atom is 0.240 e. The van der Waals surface area contributed by atoms with E-state index in [1.165, 1.54) is 0 Å². The monoisotopic (exact) mass is 395 g/mol. The van der Waals surface area contributed by atoms with Gasteiger partial charge in [-0.15, -0.1) is 0 Å². The first kappa shape index (κ1) is 20.1. The molecule has 1 N–H and O–H groups in total. The fourth-order valence-electron chi connectivity index (χ4n) is 3.11. The summed E-state index contributed by atoms with van der Waals surface area (Å²) in [7, 11) is -1.94. The van der Waals surface area contributed by atoms with Crippen LogP contribution in [0.4, 0.5) is 0 Å². The molecule has 3 aromatic rings. The van der Waals surface area contributed by atoms with Gasteiger partial charge in [-0.25, -0.2) is 13.1 Å². The number of benzene rings is 3. The van der Waals surface area contributed by atoms with E-state index in [0.29, 0.717) is 6.54 Å². The van der Waals surface area contributed by atoms with Gasteiger partial charge in [0.25, 0.3) is 0 Å². The highest BCUT2D eigenvalue weighted by molar-refractivity contribution is 7.89. The Morgan fingerprint density at radius 1 is 0.929 bits per heavy atom. The van der Waals surface area contributed by atoms with Gasteiger partial charge in [-0.05, 0) is 48.7 Å². The molecule has 4 nitrogen and oxygen atoms in total. The van der Waals surface area contributed by atoms with Crippen molar-refractivity contribution in [1.82, 2.24) is 4.72 Å². The molecule has 0 bridgehead atoms. The van der Waals surface area contributed by atoms with Crippen molar-refractivity contribution in [2.24, 2.45) is 0 Å². The quantitative estimate of drug-likeness (QED) is 0.618.